The number of non-ortho nitro benzene ring substituents is 1. The molecule has 0 aliphatic carbocycles. The summed E-state index contributed by atoms with van der Waals surface area (Å²) in [5, 5.41) is 10.4. The fourth-order valence-corrected chi connectivity index (χ4v) is 1.43. The maximum atomic E-state index is 10.4. The van der Waals surface area contributed by atoms with Gasteiger partial charge in [0.2, 0.25) is 0 Å². The van der Waals surface area contributed by atoms with E-state index in [-0.39, 0.29) is 5.69 Å². The Hall–Kier alpha value is -1.62. The van der Waals surface area contributed by atoms with Crippen molar-refractivity contribution in [2.45, 2.75) is 12.8 Å². The van der Waals surface area contributed by atoms with Gasteiger partial charge in [-0.25, -0.2) is 0 Å². The molecule has 0 atom stereocenters. The van der Waals surface area contributed by atoms with Crippen LogP contribution in [0.15, 0.2) is 24.3 Å². The zero-order valence-electron chi connectivity index (χ0n) is 10.3. The van der Waals surface area contributed by atoms with Crippen molar-refractivity contribution in [2.75, 3.05) is 27.2 Å². The minimum Gasteiger partial charge on any atom is -0.494 e. The molecule has 0 radical (unpaired) electrons. The van der Waals surface area contributed by atoms with Crippen LogP contribution in [-0.2, 0) is 0 Å². The highest BCUT2D eigenvalue weighted by molar-refractivity contribution is 5.35. The van der Waals surface area contributed by atoms with Crippen LogP contribution in [0.1, 0.15) is 12.8 Å². The Kier molecular flexibility index (Phi) is 5.42. The summed E-state index contributed by atoms with van der Waals surface area (Å²) in [5.74, 6) is 0.688. The number of nitrogens with zero attached hydrogens (tertiary/aromatic N) is 1. The molecule has 1 rings (SSSR count). The Balaban J connectivity index is 2.25. The largest absolute Gasteiger partial charge is 0.494 e. The van der Waals surface area contributed by atoms with E-state index >= 15 is 0 Å². The quantitative estimate of drug-likeness (QED) is 0.437. The molecule has 94 valence electrons. The Morgan fingerprint density at radius 1 is 1.24 bits per heavy atom. The molecular weight excluding hydrogens is 220 g/mol. The van der Waals surface area contributed by atoms with Gasteiger partial charge >= 0.3 is 0 Å². The van der Waals surface area contributed by atoms with Crippen molar-refractivity contribution in [2.24, 2.45) is 0 Å². The third-order valence-corrected chi connectivity index (χ3v) is 2.39. The topological polar surface area (TPSA) is 56.8 Å². The first-order valence-corrected chi connectivity index (χ1v) is 5.76. The van der Waals surface area contributed by atoms with Gasteiger partial charge in [-0.1, -0.05) is 0 Å². The van der Waals surface area contributed by atoms with E-state index in [0.717, 1.165) is 19.4 Å². The molecule has 0 saturated heterocycles. The van der Waals surface area contributed by atoms with E-state index in [1.165, 1.54) is 17.0 Å². The summed E-state index contributed by atoms with van der Waals surface area (Å²) in [6.07, 6.45) is 2.12. The fraction of sp³-hybridized carbons (Fsp3) is 0.500. The van der Waals surface area contributed by atoms with Crippen molar-refractivity contribution in [3.63, 3.8) is 0 Å². The summed E-state index contributed by atoms with van der Waals surface area (Å²) in [4.78, 5) is 11.5. The van der Waals surface area contributed by atoms with Gasteiger partial charge in [-0.15, -0.1) is 0 Å². The molecule has 0 heterocycles. The lowest BCUT2D eigenvalue weighted by Crippen LogP contribution is -3.05. The monoisotopic (exact) mass is 239 g/mol. The van der Waals surface area contributed by atoms with Crippen molar-refractivity contribution in [1.82, 2.24) is 0 Å². The molecule has 1 aromatic carbocycles. The summed E-state index contributed by atoms with van der Waals surface area (Å²) in [7, 11) is 4.24. The maximum absolute atomic E-state index is 10.4. The minimum atomic E-state index is -0.413. The van der Waals surface area contributed by atoms with Crippen LogP contribution in [0.4, 0.5) is 5.69 Å². The molecule has 0 amide bonds. The first kappa shape index (κ1) is 13.4. The van der Waals surface area contributed by atoms with Crippen molar-refractivity contribution in [3.8, 4) is 5.75 Å². The number of benzene rings is 1. The average Bonchev–Trinajstić information content (AvgIpc) is 2.29. The summed E-state index contributed by atoms with van der Waals surface area (Å²) >= 11 is 0. The second kappa shape index (κ2) is 6.85. The number of nitrogens with one attached hydrogen (secondary N) is 1. The van der Waals surface area contributed by atoms with Crippen molar-refractivity contribution >= 4 is 5.69 Å². The Labute approximate surface area is 101 Å². The molecule has 0 aromatic heterocycles. The van der Waals surface area contributed by atoms with E-state index in [1.807, 2.05) is 0 Å². The van der Waals surface area contributed by atoms with Gasteiger partial charge in [-0.3, -0.25) is 10.1 Å². The molecule has 17 heavy (non-hydrogen) atoms. The lowest BCUT2D eigenvalue weighted by atomic mass is 10.3. The number of rotatable bonds is 7. The zero-order valence-corrected chi connectivity index (χ0v) is 10.3. The van der Waals surface area contributed by atoms with E-state index < -0.39 is 4.92 Å². The molecule has 5 heteroatoms. The maximum Gasteiger partial charge on any atom is 0.269 e. The molecule has 1 aromatic rings. The van der Waals surface area contributed by atoms with Crippen LogP contribution in [0, 0.1) is 10.1 Å². The van der Waals surface area contributed by atoms with Gasteiger partial charge in [0.15, 0.2) is 0 Å². The van der Waals surface area contributed by atoms with E-state index in [9.17, 15) is 10.1 Å². The van der Waals surface area contributed by atoms with Gasteiger partial charge in [-0.05, 0) is 25.0 Å². The average molecular weight is 239 g/mol. The van der Waals surface area contributed by atoms with Crippen LogP contribution >= 0.6 is 0 Å². The van der Waals surface area contributed by atoms with Gasteiger partial charge < -0.3 is 9.64 Å². The van der Waals surface area contributed by atoms with Crippen LogP contribution in [0.25, 0.3) is 0 Å². The van der Waals surface area contributed by atoms with E-state index in [4.69, 9.17) is 4.74 Å². The van der Waals surface area contributed by atoms with Crippen LogP contribution in [0.3, 0.4) is 0 Å². The molecule has 0 bridgehead atoms. The van der Waals surface area contributed by atoms with Gasteiger partial charge in [0, 0.05) is 12.1 Å². The molecule has 0 fully saturated rings. The van der Waals surface area contributed by atoms with Gasteiger partial charge in [0.25, 0.3) is 5.69 Å². The number of quaternary nitrogens is 1. The van der Waals surface area contributed by atoms with Crippen molar-refractivity contribution in [3.05, 3.63) is 34.4 Å². The fourth-order valence-electron chi connectivity index (χ4n) is 1.43. The Morgan fingerprint density at radius 2 is 1.88 bits per heavy atom. The predicted octanol–water partition coefficient (Wildman–Crippen LogP) is 0.898. The third kappa shape index (κ3) is 5.31. The summed E-state index contributed by atoms with van der Waals surface area (Å²) < 4.78 is 5.49. The highest BCUT2D eigenvalue weighted by Crippen LogP contribution is 2.17. The highest BCUT2D eigenvalue weighted by atomic mass is 16.6. The SMILES string of the molecule is C[NH+](C)CCCCOc1ccc([N+](=O)[O-])cc1. The minimum absolute atomic E-state index is 0.0913. The van der Waals surface area contributed by atoms with Gasteiger partial charge in [0.05, 0.1) is 32.2 Å². The number of nitro groups is 1. The zero-order chi connectivity index (χ0) is 12.7. The van der Waals surface area contributed by atoms with Crippen LogP contribution in [0.2, 0.25) is 0 Å². The lowest BCUT2D eigenvalue weighted by molar-refractivity contribution is -0.858. The normalized spacial score (nSPS) is 10.5. The second-order valence-electron chi connectivity index (χ2n) is 4.26. The summed E-state index contributed by atoms with van der Waals surface area (Å²) in [5.41, 5.74) is 0.0913. The van der Waals surface area contributed by atoms with Gasteiger partial charge in [-0.2, -0.15) is 0 Å². The molecule has 1 N–H and O–H groups in total. The van der Waals surface area contributed by atoms with Crippen molar-refractivity contribution < 1.29 is 14.6 Å². The van der Waals surface area contributed by atoms with Gasteiger partial charge in [0.1, 0.15) is 5.75 Å². The van der Waals surface area contributed by atoms with Crippen LogP contribution < -0.4 is 9.64 Å². The molecule has 0 spiro atoms. The molecule has 0 saturated carbocycles. The first-order valence-electron chi connectivity index (χ1n) is 5.76. The number of hydrogen-bond acceptors (Lipinski definition) is 3. The molecule has 0 unspecified atom stereocenters. The number of unbranched alkanes of at least 4 members (excludes halogenated alkanes) is 1. The molecular formula is C12H19N2O3+. The van der Waals surface area contributed by atoms with Crippen LogP contribution in [-0.4, -0.2) is 32.2 Å². The summed E-state index contributed by atoms with van der Waals surface area (Å²) in [6, 6.07) is 6.18. The summed E-state index contributed by atoms with van der Waals surface area (Å²) in [6.45, 7) is 1.79. The Morgan fingerprint density at radius 3 is 2.41 bits per heavy atom. The third-order valence-electron chi connectivity index (χ3n) is 2.39. The molecule has 5 nitrogen and oxygen atoms in total. The van der Waals surface area contributed by atoms with Crippen LogP contribution in [0.5, 0.6) is 5.75 Å². The van der Waals surface area contributed by atoms with E-state index in [1.54, 1.807) is 12.1 Å². The standard InChI is InChI=1S/C12H18N2O3/c1-13(2)9-3-4-10-17-12-7-5-11(6-8-12)14(15)16/h5-8H,3-4,9-10H2,1-2H3/p+1. The molecule has 0 aliphatic rings. The number of ether oxygens (including phenoxy) is 1. The second-order valence-corrected chi connectivity index (χ2v) is 4.26. The first-order chi connectivity index (χ1) is 8.09. The Bertz CT molecular complexity index is 349. The number of nitro benzene ring substituents is 1. The van der Waals surface area contributed by atoms with E-state index in [0.29, 0.717) is 12.4 Å². The highest BCUT2D eigenvalue weighted by Gasteiger charge is 2.04. The molecule has 0 aliphatic heterocycles. The predicted molar refractivity (Wildman–Crippen MR) is 65.5 cm³/mol. The van der Waals surface area contributed by atoms with E-state index in [2.05, 4.69) is 14.1 Å². The van der Waals surface area contributed by atoms with Crippen molar-refractivity contribution in [1.29, 1.82) is 0 Å². The number of hydrogen-bond donors (Lipinski definition) is 1. The lowest BCUT2D eigenvalue weighted by Gasteiger charge is -2.08. The smallest absolute Gasteiger partial charge is 0.269 e.